The number of hydrogen-bond donors (Lipinski definition) is 1. The molecule has 1 aromatic rings. The molecule has 0 amide bonds. The largest absolute Gasteiger partial charge is 0.391 e. The molecule has 0 radical (unpaired) electrons. The van der Waals surface area contributed by atoms with Gasteiger partial charge in [-0.1, -0.05) is 48.2 Å². The first-order valence-electron chi connectivity index (χ1n) is 6.44. The second-order valence-electron chi connectivity index (χ2n) is 4.86. The Kier molecular flexibility index (Phi) is 3.27. The fourth-order valence-corrected chi connectivity index (χ4v) is 3.60. The molecule has 0 aromatic heterocycles. The Labute approximate surface area is 112 Å². The van der Waals surface area contributed by atoms with E-state index in [4.69, 9.17) is 0 Å². The topological polar surface area (TPSA) is 32.6 Å². The molecule has 1 aromatic carbocycles. The Hall–Kier alpha value is -1.06. The molecular weight excluding hydrogens is 242 g/mol. The summed E-state index contributed by atoms with van der Waals surface area (Å²) in [6.07, 6.45) is 4.11. The zero-order valence-electron chi connectivity index (χ0n) is 10.4. The summed E-state index contributed by atoms with van der Waals surface area (Å²) in [5, 5.41) is 11.5. The van der Waals surface area contributed by atoms with Crippen molar-refractivity contribution in [1.82, 2.24) is 0 Å². The molecule has 1 saturated carbocycles. The summed E-state index contributed by atoms with van der Waals surface area (Å²) in [6, 6.07) is 10.2. The molecule has 0 saturated heterocycles. The molecule has 1 aliphatic heterocycles. The van der Waals surface area contributed by atoms with Crippen LogP contribution in [0.15, 0.2) is 47.1 Å². The highest BCUT2D eigenvalue weighted by molar-refractivity contribution is 8.15. The first-order valence-corrected chi connectivity index (χ1v) is 7.32. The fraction of sp³-hybridized carbons (Fsp3) is 0.400. The predicted octanol–water partition coefficient (Wildman–Crippen LogP) is 3.22. The average molecular weight is 259 g/mol. The predicted molar refractivity (Wildman–Crippen MR) is 76.8 cm³/mol. The highest BCUT2D eigenvalue weighted by atomic mass is 32.2. The van der Waals surface area contributed by atoms with Crippen molar-refractivity contribution in [3.63, 3.8) is 0 Å². The lowest BCUT2D eigenvalue weighted by atomic mass is 10.1. The van der Waals surface area contributed by atoms with Crippen LogP contribution in [0.2, 0.25) is 0 Å². The molecule has 94 valence electrons. The van der Waals surface area contributed by atoms with Gasteiger partial charge in [0.25, 0.3) is 0 Å². The van der Waals surface area contributed by atoms with Crippen LogP contribution in [-0.2, 0) is 0 Å². The van der Waals surface area contributed by atoms with E-state index in [1.807, 2.05) is 31.2 Å². The number of allylic oxidation sites excluding steroid dienone is 1. The van der Waals surface area contributed by atoms with Crippen molar-refractivity contribution in [1.29, 1.82) is 0 Å². The normalized spacial score (nSPS) is 27.3. The van der Waals surface area contributed by atoms with Gasteiger partial charge in [0.15, 0.2) is 0 Å². The van der Waals surface area contributed by atoms with Gasteiger partial charge in [-0.05, 0) is 25.7 Å². The van der Waals surface area contributed by atoms with Crippen molar-refractivity contribution in [2.75, 3.05) is 0 Å². The Morgan fingerprint density at radius 1 is 1.33 bits per heavy atom. The van der Waals surface area contributed by atoms with Crippen LogP contribution in [0.5, 0.6) is 0 Å². The van der Waals surface area contributed by atoms with Crippen LogP contribution in [0.4, 0.5) is 0 Å². The van der Waals surface area contributed by atoms with Crippen molar-refractivity contribution in [3.05, 3.63) is 47.7 Å². The Morgan fingerprint density at radius 3 is 2.67 bits per heavy atom. The third-order valence-corrected chi connectivity index (χ3v) is 4.82. The van der Waals surface area contributed by atoms with Gasteiger partial charge >= 0.3 is 0 Å². The summed E-state index contributed by atoms with van der Waals surface area (Å²) >= 11 is 1.70. The van der Waals surface area contributed by atoms with Gasteiger partial charge in [0.05, 0.1) is 17.1 Å². The summed E-state index contributed by atoms with van der Waals surface area (Å²) in [5.41, 5.74) is 2.17. The smallest absolute Gasteiger partial charge is 0.104 e. The van der Waals surface area contributed by atoms with Gasteiger partial charge in [0.2, 0.25) is 0 Å². The number of benzene rings is 1. The summed E-state index contributed by atoms with van der Waals surface area (Å²) < 4.78 is 0. The summed E-state index contributed by atoms with van der Waals surface area (Å²) in [5.74, 6) is 0.489. The Morgan fingerprint density at radius 2 is 2.06 bits per heavy atom. The van der Waals surface area contributed by atoms with E-state index in [-0.39, 0.29) is 11.4 Å². The number of nitrogens with zero attached hydrogens (tertiary/aromatic N) is 1. The molecule has 1 heterocycles. The highest BCUT2D eigenvalue weighted by Crippen LogP contribution is 2.43. The van der Waals surface area contributed by atoms with E-state index in [2.05, 4.69) is 17.1 Å². The van der Waals surface area contributed by atoms with E-state index in [9.17, 15) is 5.11 Å². The van der Waals surface area contributed by atoms with Crippen LogP contribution < -0.4 is 0 Å². The second-order valence-corrected chi connectivity index (χ2v) is 5.99. The number of aliphatic hydroxyl groups is 1. The lowest BCUT2D eigenvalue weighted by Crippen LogP contribution is -2.24. The van der Waals surface area contributed by atoms with Crippen LogP contribution >= 0.6 is 11.8 Å². The number of hydrogen-bond acceptors (Lipinski definition) is 3. The molecule has 0 unspecified atom stereocenters. The third kappa shape index (κ3) is 2.25. The van der Waals surface area contributed by atoms with Crippen molar-refractivity contribution in [2.45, 2.75) is 31.1 Å². The fourth-order valence-electron chi connectivity index (χ4n) is 2.26. The van der Waals surface area contributed by atoms with Crippen molar-refractivity contribution >= 4 is 16.8 Å². The lowest BCUT2D eigenvalue weighted by Gasteiger charge is -2.17. The van der Waals surface area contributed by atoms with Crippen LogP contribution in [0, 0.1) is 5.92 Å². The number of thioether (sulfide) groups is 1. The maximum Gasteiger partial charge on any atom is 0.104 e. The van der Waals surface area contributed by atoms with Gasteiger partial charge < -0.3 is 5.11 Å². The Balaban J connectivity index is 1.83. The standard InChI is InChI=1S/C15H17NOS/c1-2-12-14(13(17)10-8-9-10)18-15(16-12)11-6-4-3-5-7-11/h2-7,10,13-14,17H,8-9H2,1H3/b12-2+/t13-,14+/m1/s1. The first-order chi connectivity index (χ1) is 8.79. The summed E-state index contributed by atoms with van der Waals surface area (Å²) in [7, 11) is 0. The van der Waals surface area contributed by atoms with Crippen LogP contribution in [0.3, 0.4) is 0 Å². The molecule has 3 rings (SSSR count). The molecule has 1 N–H and O–H groups in total. The van der Waals surface area contributed by atoms with E-state index in [1.54, 1.807) is 11.8 Å². The van der Waals surface area contributed by atoms with Gasteiger partial charge in [-0.3, -0.25) is 0 Å². The SMILES string of the molecule is C/C=C1/N=C(c2ccccc2)S[C@@H]1[C@H](O)C1CC1. The third-order valence-electron chi connectivity index (χ3n) is 3.49. The Bertz CT molecular complexity index is 490. The minimum Gasteiger partial charge on any atom is -0.391 e. The number of rotatable bonds is 3. The van der Waals surface area contributed by atoms with Crippen molar-refractivity contribution in [3.8, 4) is 0 Å². The van der Waals surface area contributed by atoms with E-state index >= 15 is 0 Å². The van der Waals surface area contributed by atoms with Gasteiger partial charge in [0.1, 0.15) is 5.04 Å². The maximum atomic E-state index is 10.3. The molecule has 0 bridgehead atoms. The van der Waals surface area contributed by atoms with E-state index in [1.165, 1.54) is 0 Å². The van der Waals surface area contributed by atoms with E-state index in [0.29, 0.717) is 5.92 Å². The molecule has 2 nitrogen and oxygen atoms in total. The minimum atomic E-state index is -0.244. The van der Waals surface area contributed by atoms with E-state index < -0.39 is 0 Å². The first kappa shape index (κ1) is 12.0. The second kappa shape index (κ2) is 4.90. The number of aliphatic hydroxyl groups excluding tert-OH is 1. The molecule has 0 spiro atoms. The molecule has 3 heteroatoms. The molecule has 2 aliphatic rings. The van der Waals surface area contributed by atoms with Crippen LogP contribution in [0.1, 0.15) is 25.3 Å². The lowest BCUT2D eigenvalue weighted by molar-refractivity contribution is 0.157. The zero-order valence-corrected chi connectivity index (χ0v) is 11.2. The molecular formula is C15H17NOS. The van der Waals surface area contributed by atoms with E-state index in [0.717, 1.165) is 29.1 Å². The highest BCUT2D eigenvalue weighted by Gasteiger charge is 2.40. The monoisotopic (exact) mass is 259 g/mol. The molecule has 2 atom stereocenters. The average Bonchev–Trinajstić information content (AvgIpc) is 3.18. The van der Waals surface area contributed by atoms with Gasteiger partial charge in [-0.2, -0.15) is 0 Å². The maximum absolute atomic E-state index is 10.3. The molecule has 1 fully saturated rings. The van der Waals surface area contributed by atoms with Gasteiger partial charge in [0, 0.05) is 5.56 Å². The van der Waals surface area contributed by atoms with Gasteiger partial charge in [-0.15, -0.1) is 0 Å². The van der Waals surface area contributed by atoms with Crippen molar-refractivity contribution in [2.24, 2.45) is 10.9 Å². The summed E-state index contributed by atoms with van der Waals surface area (Å²) in [6.45, 7) is 2.00. The quantitative estimate of drug-likeness (QED) is 0.904. The zero-order chi connectivity index (χ0) is 12.5. The minimum absolute atomic E-state index is 0.123. The molecule has 18 heavy (non-hydrogen) atoms. The van der Waals surface area contributed by atoms with Crippen LogP contribution in [0.25, 0.3) is 0 Å². The molecule has 1 aliphatic carbocycles. The summed E-state index contributed by atoms with van der Waals surface area (Å²) in [4.78, 5) is 4.67. The van der Waals surface area contributed by atoms with Crippen molar-refractivity contribution < 1.29 is 5.11 Å². The van der Waals surface area contributed by atoms with Crippen LogP contribution in [-0.4, -0.2) is 21.5 Å². The number of aliphatic imine (C=N–C) groups is 1. The van der Waals surface area contributed by atoms with Gasteiger partial charge in [-0.25, -0.2) is 4.99 Å².